The molecule has 0 heterocycles. The van der Waals surface area contributed by atoms with Gasteiger partial charge in [-0.25, -0.2) is 8.37 Å². The molecule has 214 valence electrons. The van der Waals surface area contributed by atoms with Gasteiger partial charge in [-0.1, -0.05) is 52.2 Å². The van der Waals surface area contributed by atoms with E-state index in [1.807, 2.05) is 6.92 Å². The molecule has 4 aliphatic rings. The maximum Gasteiger partial charge on any atom is 0.397 e. The Morgan fingerprint density at radius 2 is 1.70 bits per heavy atom. The molecule has 0 bridgehead atoms. The van der Waals surface area contributed by atoms with Crippen LogP contribution in [0.25, 0.3) is 0 Å². The van der Waals surface area contributed by atoms with E-state index in [1.54, 1.807) is 0 Å². The summed E-state index contributed by atoms with van der Waals surface area (Å²) in [6.07, 6.45) is 13.1. The van der Waals surface area contributed by atoms with Crippen molar-refractivity contribution in [2.75, 3.05) is 6.61 Å². The third kappa shape index (κ3) is 6.46. The fourth-order valence-corrected chi connectivity index (χ4v) is 10.0. The van der Waals surface area contributed by atoms with E-state index in [0.717, 1.165) is 32.1 Å². The molecule has 9 atom stereocenters. The lowest BCUT2D eigenvalue weighted by molar-refractivity contribution is -0.0560. The third-order valence-corrected chi connectivity index (χ3v) is 11.9. The van der Waals surface area contributed by atoms with Gasteiger partial charge in [-0.05, 0) is 104 Å². The third-order valence-electron chi connectivity index (χ3n) is 10.9. The summed E-state index contributed by atoms with van der Waals surface area (Å²) in [6.45, 7) is 9.28. The summed E-state index contributed by atoms with van der Waals surface area (Å²) in [5.74, 6) is 3.39. The average molecular weight is 563 g/mol. The van der Waals surface area contributed by atoms with Crippen LogP contribution < -0.4 is 0 Å². The molecule has 0 aromatic carbocycles. The second-order valence-electron chi connectivity index (χ2n) is 13.1. The second-order valence-corrected chi connectivity index (χ2v) is 15.2. The molecular weight excluding hydrogens is 516 g/mol. The predicted molar refractivity (Wildman–Crippen MR) is 141 cm³/mol. The van der Waals surface area contributed by atoms with E-state index in [-0.39, 0.29) is 17.9 Å². The SMILES string of the molecule is CC(CCC[C@@H](C)C1CCC2C3CC=C4C[C@@H](OS(=O)(=O)O)CC[C@]4(C)C3CCC21C)COS(=O)(=O)O. The number of hydrogen-bond donors (Lipinski definition) is 2. The van der Waals surface area contributed by atoms with E-state index in [9.17, 15) is 16.8 Å². The van der Waals surface area contributed by atoms with Gasteiger partial charge in [-0.15, -0.1) is 0 Å². The Bertz CT molecular complexity index is 1070. The maximum absolute atomic E-state index is 11.3. The molecule has 4 aliphatic carbocycles. The Morgan fingerprint density at radius 1 is 0.973 bits per heavy atom. The predicted octanol–water partition coefficient (Wildman–Crippen LogP) is 6.02. The van der Waals surface area contributed by atoms with Gasteiger partial charge in [0.25, 0.3) is 0 Å². The number of fused-ring (bicyclic) bond motifs is 5. The monoisotopic (exact) mass is 562 g/mol. The summed E-state index contributed by atoms with van der Waals surface area (Å²) in [4.78, 5) is 0. The highest BCUT2D eigenvalue weighted by Crippen LogP contribution is 2.67. The van der Waals surface area contributed by atoms with Crippen molar-refractivity contribution in [2.45, 2.75) is 104 Å². The highest BCUT2D eigenvalue weighted by Gasteiger charge is 2.59. The van der Waals surface area contributed by atoms with Gasteiger partial charge in [0, 0.05) is 0 Å². The second kappa shape index (κ2) is 10.8. The van der Waals surface area contributed by atoms with Crippen molar-refractivity contribution >= 4 is 20.8 Å². The number of hydrogen-bond acceptors (Lipinski definition) is 6. The minimum Gasteiger partial charge on any atom is -0.264 e. The topological polar surface area (TPSA) is 127 Å². The number of rotatable bonds is 10. The molecule has 0 aromatic heterocycles. The summed E-state index contributed by atoms with van der Waals surface area (Å²) in [7, 11) is -8.80. The molecule has 0 aromatic rings. The molecular formula is C27H46O8S2. The van der Waals surface area contributed by atoms with Crippen LogP contribution in [0.4, 0.5) is 0 Å². The van der Waals surface area contributed by atoms with Crippen molar-refractivity contribution in [1.29, 1.82) is 0 Å². The van der Waals surface area contributed by atoms with Crippen molar-refractivity contribution in [3.8, 4) is 0 Å². The first kappa shape index (κ1) is 29.5. The van der Waals surface area contributed by atoms with Crippen LogP contribution in [-0.2, 0) is 29.2 Å². The molecule has 0 saturated heterocycles. The average Bonchev–Trinajstić information content (AvgIpc) is 3.14. The lowest BCUT2D eigenvalue weighted by Gasteiger charge is -2.58. The van der Waals surface area contributed by atoms with Crippen LogP contribution in [0.5, 0.6) is 0 Å². The van der Waals surface area contributed by atoms with Crippen LogP contribution in [0.15, 0.2) is 11.6 Å². The van der Waals surface area contributed by atoms with Gasteiger partial charge < -0.3 is 0 Å². The zero-order valence-electron chi connectivity index (χ0n) is 22.8. The molecule has 3 fully saturated rings. The van der Waals surface area contributed by atoms with Gasteiger partial charge in [0.15, 0.2) is 0 Å². The minimum atomic E-state index is -4.43. The summed E-state index contributed by atoms with van der Waals surface area (Å²) < 4.78 is 71.6. The van der Waals surface area contributed by atoms with Crippen LogP contribution in [-0.4, -0.2) is 38.7 Å². The first-order valence-corrected chi connectivity index (χ1v) is 16.8. The van der Waals surface area contributed by atoms with E-state index in [1.165, 1.54) is 31.3 Å². The molecule has 8 nitrogen and oxygen atoms in total. The van der Waals surface area contributed by atoms with E-state index >= 15 is 0 Å². The van der Waals surface area contributed by atoms with Crippen molar-refractivity contribution in [2.24, 2.45) is 46.3 Å². The van der Waals surface area contributed by atoms with Crippen LogP contribution in [0, 0.1) is 46.3 Å². The Labute approximate surface area is 223 Å². The van der Waals surface area contributed by atoms with Gasteiger partial charge >= 0.3 is 20.8 Å². The van der Waals surface area contributed by atoms with Crippen molar-refractivity contribution in [3.05, 3.63) is 11.6 Å². The summed E-state index contributed by atoms with van der Waals surface area (Å²) >= 11 is 0. The Morgan fingerprint density at radius 3 is 2.38 bits per heavy atom. The molecule has 4 rings (SSSR count). The Hall–Kier alpha value is -0.520. The zero-order valence-corrected chi connectivity index (χ0v) is 24.4. The van der Waals surface area contributed by atoms with Gasteiger partial charge in [0.1, 0.15) is 0 Å². The molecule has 0 amide bonds. The first-order valence-electron chi connectivity index (χ1n) is 14.1. The van der Waals surface area contributed by atoms with Crippen LogP contribution in [0.3, 0.4) is 0 Å². The molecule has 0 aliphatic heterocycles. The van der Waals surface area contributed by atoms with Gasteiger partial charge in [-0.3, -0.25) is 9.11 Å². The highest BCUT2D eigenvalue weighted by atomic mass is 32.3. The van der Waals surface area contributed by atoms with Crippen molar-refractivity contribution in [3.63, 3.8) is 0 Å². The maximum atomic E-state index is 11.3. The molecule has 0 spiro atoms. The smallest absolute Gasteiger partial charge is 0.264 e. The van der Waals surface area contributed by atoms with Crippen LogP contribution in [0.2, 0.25) is 0 Å². The largest absolute Gasteiger partial charge is 0.397 e. The first-order chi connectivity index (χ1) is 17.1. The Balaban J connectivity index is 1.37. The van der Waals surface area contributed by atoms with Crippen molar-refractivity contribution in [1.82, 2.24) is 0 Å². The van der Waals surface area contributed by atoms with Crippen LogP contribution in [0.1, 0.15) is 98.3 Å². The molecule has 37 heavy (non-hydrogen) atoms. The normalized spacial score (nSPS) is 39.7. The van der Waals surface area contributed by atoms with E-state index < -0.39 is 26.9 Å². The van der Waals surface area contributed by atoms with E-state index in [2.05, 4.69) is 31.0 Å². The minimum absolute atomic E-state index is 0.0243. The van der Waals surface area contributed by atoms with E-state index in [0.29, 0.717) is 47.8 Å². The highest BCUT2D eigenvalue weighted by molar-refractivity contribution is 7.81. The lowest BCUT2D eigenvalue weighted by atomic mass is 9.47. The zero-order chi connectivity index (χ0) is 27.2. The van der Waals surface area contributed by atoms with Gasteiger partial charge in [0.2, 0.25) is 0 Å². The molecule has 0 radical (unpaired) electrons. The summed E-state index contributed by atoms with van der Waals surface area (Å²) in [5.41, 5.74) is 1.76. The summed E-state index contributed by atoms with van der Waals surface area (Å²) in [6, 6.07) is 0. The number of allylic oxidation sites excluding steroid dienone is 1. The summed E-state index contributed by atoms with van der Waals surface area (Å²) in [5, 5.41) is 0. The standard InChI is InChI=1S/C27H46O8S2/c1-18(17-34-36(28,29)30)6-5-7-19(2)23-10-11-24-22-9-8-20-16-21(35-37(31,32)33)12-14-26(20,3)25(22)13-15-27(23,24)4/h8,18-19,21-25H,5-7,9-17H2,1-4H3,(H,28,29,30)(H,31,32,33)/t18?,19-,21+,22?,23?,24?,25?,26+,27?/m1/s1. The van der Waals surface area contributed by atoms with Crippen molar-refractivity contribution < 1.29 is 34.3 Å². The molecule has 3 saturated carbocycles. The van der Waals surface area contributed by atoms with E-state index in [4.69, 9.17) is 13.3 Å². The van der Waals surface area contributed by atoms with Gasteiger partial charge in [0.05, 0.1) is 12.7 Å². The fourth-order valence-electron chi connectivity index (χ4n) is 9.13. The van der Waals surface area contributed by atoms with Crippen LogP contribution >= 0.6 is 0 Å². The molecule has 2 N–H and O–H groups in total. The molecule has 10 heteroatoms. The van der Waals surface area contributed by atoms with Gasteiger partial charge in [-0.2, -0.15) is 16.8 Å². The Kier molecular flexibility index (Phi) is 8.60. The lowest BCUT2D eigenvalue weighted by Crippen LogP contribution is -2.51. The molecule has 6 unspecified atom stereocenters. The fraction of sp³-hybridized carbons (Fsp3) is 0.926. The quantitative estimate of drug-likeness (QED) is 0.245.